The molecule has 1 aliphatic heterocycles. The molecule has 0 saturated heterocycles. The molecular formula is C26H21N3O4S2. The van der Waals surface area contributed by atoms with Gasteiger partial charge in [-0.2, -0.15) is 0 Å². The summed E-state index contributed by atoms with van der Waals surface area (Å²) in [5, 5.41) is 13.8. The number of hydrogen-bond acceptors (Lipinski definition) is 8. The Labute approximate surface area is 210 Å². The van der Waals surface area contributed by atoms with E-state index in [0.29, 0.717) is 33.6 Å². The Kier molecular flexibility index (Phi) is 6.19. The van der Waals surface area contributed by atoms with Gasteiger partial charge in [-0.3, -0.25) is 14.5 Å². The number of aliphatic hydroxyl groups excluding tert-OH is 1. The number of rotatable bonds is 7. The van der Waals surface area contributed by atoms with Gasteiger partial charge in [-0.15, -0.1) is 22.7 Å². The third-order valence-corrected chi connectivity index (χ3v) is 7.45. The van der Waals surface area contributed by atoms with E-state index in [1.807, 2.05) is 49.4 Å². The molecule has 0 spiro atoms. The first-order valence-corrected chi connectivity index (χ1v) is 12.5. The van der Waals surface area contributed by atoms with Crippen molar-refractivity contribution in [1.29, 1.82) is 0 Å². The molecule has 1 unspecified atom stereocenters. The summed E-state index contributed by atoms with van der Waals surface area (Å²) >= 11 is 2.50. The summed E-state index contributed by atoms with van der Waals surface area (Å²) < 4.78 is 5.99. The first kappa shape index (κ1) is 22.9. The molecule has 35 heavy (non-hydrogen) atoms. The number of thiazole rings is 2. The van der Waals surface area contributed by atoms with Crippen LogP contribution in [-0.2, 0) is 11.4 Å². The Bertz CT molecular complexity index is 1430. The molecule has 0 saturated carbocycles. The van der Waals surface area contributed by atoms with Crippen LogP contribution in [-0.4, -0.2) is 26.8 Å². The molecule has 1 N–H and O–H groups in total. The second kappa shape index (κ2) is 9.44. The SMILES string of the molecule is Cc1nc(C)c(C(=O)C2=C(O)C(=O)N(c3nccs3)C2c2cccc(OCc3ccccc3)c2)s1. The number of aryl methyl sites for hydroxylation is 2. The van der Waals surface area contributed by atoms with Crippen LogP contribution in [0.4, 0.5) is 5.13 Å². The maximum Gasteiger partial charge on any atom is 0.296 e. The number of nitrogens with zero attached hydrogens (tertiary/aromatic N) is 3. The van der Waals surface area contributed by atoms with Crippen molar-refractivity contribution in [2.75, 3.05) is 4.90 Å². The first-order chi connectivity index (χ1) is 16.9. The number of ether oxygens (including phenoxy) is 1. The van der Waals surface area contributed by atoms with Crippen LogP contribution in [0.1, 0.15) is 37.5 Å². The summed E-state index contributed by atoms with van der Waals surface area (Å²) in [6.07, 6.45) is 1.58. The fourth-order valence-corrected chi connectivity index (χ4v) is 5.61. The summed E-state index contributed by atoms with van der Waals surface area (Å²) in [5.74, 6) is -1.07. The summed E-state index contributed by atoms with van der Waals surface area (Å²) in [7, 11) is 0. The molecule has 0 radical (unpaired) electrons. The van der Waals surface area contributed by atoms with Gasteiger partial charge in [-0.1, -0.05) is 42.5 Å². The van der Waals surface area contributed by atoms with E-state index in [2.05, 4.69) is 9.97 Å². The van der Waals surface area contributed by atoms with Gasteiger partial charge in [0.15, 0.2) is 10.9 Å². The lowest BCUT2D eigenvalue weighted by Gasteiger charge is -2.24. The zero-order chi connectivity index (χ0) is 24.5. The van der Waals surface area contributed by atoms with Crippen LogP contribution in [0.15, 0.2) is 77.5 Å². The number of carbonyl (C=O) groups excluding carboxylic acids is 2. The molecule has 176 valence electrons. The Hall–Kier alpha value is -3.82. The Morgan fingerprint density at radius 2 is 1.94 bits per heavy atom. The van der Waals surface area contributed by atoms with Gasteiger partial charge >= 0.3 is 0 Å². The van der Waals surface area contributed by atoms with E-state index in [1.165, 1.54) is 27.6 Å². The van der Waals surface area contributed by atoms with Crippen LogP contribution >= 0.6 is 22.7 Å². The van der Waals surface area contributed by atoms with E-state index in [1.54, 1.807) is 30.6 Å². The third-order valence-electron chi connectivity index (χ3n) is 5.61. The van der Waals surface area contributed by atoms with Crippen molar-refractivity contribution in [2.24, 2.45) is 0 Å². The number of Topliss-reactive ketones (excluding diaryl/α,β-unsaturated/α-hetero) is 1. The standard InChI is InChI=1S/C26H21N3O4S2/c1-15-24(35-16(2)28-15)22(30)20-21(29(25(32)23(20)31)26-27-11-12-34-26)18-9-6-10-19(13-18)33-14-17-7-4-3-5-8-17/h3-13,21,31H,14H2,1-2H3. The van der Waals surface area contributed by atoms with Gasteiger partial charge < -0.3 is 9.84 Å². The maximum absolute atomic E-state index is 13.7. The molecule has 2 aromatic heterocycles. The predicted molar refractivity (Wildman–Crippen MR) is 135 cm³/mol. The van der Waals surface area contributed by atoms with Gasteiger partial charge in [0, 0.05) is 11.6 Å². The number of benzene rings is 2. The van der Waals surface area contributed by atoms with E-state index in [0.717, 1.165) is 10.6 Å². The largest absolute Gasteiger partial charge is 0.503 e. The molecule has 0 bridgehead atoms. The molecule has 0 aliphatic carbocycles. The minimum Gasteiger partial charge on any atom is -0.503 e. The van der Waals surface area contributed by atoms with E-state index in [4.69, 9.17) is 4.74 Å². The lowest BCUT2D eigenvalue weighted by molar-refractivity contribution is -0.117. The number of anilines is 1. The highest BCUT2D eigenvalue weighted by Gasteiger charge is 2.46. The molecule has 4 aromatic rings. The Balaban J connectivity index is 1.55. The molecule has 1 atom stereocenters. The highest BCUT2D eigenvalue weighted by Crippen LogP contribution is 2.43. The van der Waals surface area contributed by atoms with Crippen LogP contribution < -0.4 is 9.64 Å². The monoisotopic (exact) mass is 503 g/mol. The van der Waals surface area contributed by atoms with E-state index >= 15 is 0 Å². The lowest BCUT2D eigenvalue weighted by atomic mass is 9.95. The molecule has 2 aromatic carbocycles. The van der Waals surface area contributed by atoms with Crippen molar-refractivity contribution in [3.8, 4) is 5.75 Å². The fraction of sp³-hybridized carbons (Fsp3) is 0.154. The molecule has 5 rings (SSSR count). The minimum atomic E-state index is -0.858. The van der Waals surface area contributed by atoms with Crippen LogP contribution in [0.3, 0.4) is 0 Å². The number of amides is 1. The van der Waals surface area contributed by atoms with Crippen LogP contribution in [0.5, 0.6) is 5.75 Å². The van der Waals surface area contributed by atoms with Crippen LogP contribution in [0.25, 0.3) is 0 Å². The normalized spacial score (nSPS) is 15.7. The Morgan fingerprint density at radius 1 is 1.14 bits per heavy atom. The summed E-state index contributed by atoms with van der Waals surface area (Å²) in [5.41, 5.74) is 2.22. The quantitative estimate of drug-likeness (QED) is 0.331. The molecular weight excluding hydrogens is 482 g/mol. The smallest absolute Gasteiger partial charge is 0.296 e. The van der Waals surface area contributed by atoms with E-state index in [9.17, 15) is 14.7 Å². The average Bonchev–Trinajstić information content (AvgIpc) is 3.57. The maximum atomic E-state index is 13.7. The third kappa shape index (κ3) is 4.36. The van der Waals surface area contributed by atoms with Gasteiger partial charge in [-0.05, 0) is 37.1 Å². The first-order valence-electron chi connectivity index (χ1n) is 10.9. The number of aliphatic hydroxyl groups is 1. The van der Waals surface area contributed by atoms with Crippen LogP contribution in [0, 0.1) is 13.8 Å². The minimum absolute atomic E-state index is 0.0113. The van der Waals surface area contributed by atoms with Crippen LogP contribution in [0.2, 0.25) is 0 Å². The molecule has 9 heteroatoms. The number of aromatic nitrogens is 2. The van der Waals surface area contributed by atoms with Gasteiger partial charge in [0.25, 0.3) is 5.91 Å². The molecule has 3 heterocycles. The van der Waals surface area contributed by atoms with Gasteiger partial charge in [0.1, 0.15) is 12.4 Å². The predicted octanol–water partition coefficient (Wildman–Crippen LogP) is 5.58. The molecule has 1 amide bonds. The van der Waals surface area contributed by atoms with Gasteiger partial charge in [-0.25, -0.2) is 9.97 Å². The van der Waals surface area contributed by atoms with Gasteiger partial charge in [0.2, 0.25) is 5.78 Å². The highest BCUT2D eigenvalue weighted by molar-refractivity contribution is 7.14. The summed E-state index contributed by atoms with van der Waals surface area (Å²) in [6.45, 7) is 3.93. The molecule has 0 fully saturated rings. The zero-order valence-corrected chi connectivity index (χ0v) is 20.6. The topological polar surface area (TPSA) is 92.6 Å². The van der Waals surface area contributed by atoms with E-state index < -0.39 is 23.5 Å². The average molecular weight is 504 g/mol. The van der Waals surface area contributed by atoms with Crippen molar-refractivity contribution in [2.45, 2.75) is 26.5 Å². The van der Waals surface area contributed by atoms with Crippen molar-refractivity contribution in [1.82, 2.24) is 9.97 Å². The number of carbonyl (C=O) groups is 2. The molecule has 7 nitrogen and oxygen atoms in total. The highest BCUT2D eigenvalue weighted by atomic mass is 32.1. The summed E-state index contributed by atoms with van der Waals surface area (Å²) in [6, 6.07) is 16.1. The van der Waals surface area contributed by atoms with Gasteiger partial charge in [0.05, 0.1) is 27.2 Å². The van der Waals surface area contributed by atoms with E-state index in [-0.39, 0.29) is 5.57 Å². The van der Waals surface area contributed by atoms with Crippen molar-refractivity contribution < 1.29 is 19.4 Å². The number of hydrogen-bond donors (Lipinski definition) is 1. The lowest BCUT2D eigenvalue weighted by Crippen LogP contribution is -2.31. The van der Waals surface area contributed by atoms with Crippen molar-refractivity contribution in [3.63, 3.8) is 0 Å². The number of ketones is 1. The molecule has 1 aliphatic rings. The Morgan fingerprint density at radius 3 is 2.63 bits per heavy atom. The van der Waals surface area contributed by atoms with Crippen molar-refractivity contribution in [3.05, 3.63) is 104 Å². The summed E-state index contributed by atoms with van der Waals surface area (Å²) in [4.78, 5) is 37.3. The van der Waals surface area contributed by atoms with Crippen molar-refractivity contribution >= 4 is 39.5 Å². The fourth-order valence-electron chi connectivity index (χ4n) is 4.06. The second-order valence-electron chi connectivity index (χ2n) is 7.98. The zero-order valence-electron chi connectivity index (χ0n) is 19.0. The second-order valence-corrected chi connectivity index (χ2v) is 10.1.